The van der Waals surface area contributed by atoms with E-state index in [1.165, 1.54) is 10.9 Å². The van der Waals surface area contributed by atoms with Crippen LogP contribution in [0.1, 0.15) is 39.8 Å². The van der Waals surface area contributed by atoms with Crippen LogP contribution in [0.25, 0.3) is 0 Å². The summed E-state index contributed by atoms with van der Waals surface area (Å²) in [6, 6.07) is 0.361. The van der Waals surface area contributed by atoms with Crippen molar-refractivity contribution >= 4 is 48.8 Å². The Kier molecular flexibility index (Phi) is 6.76. The number of hydrogen-bond acceptors (Lipinski definition) is 5. The second-order valence-corrected chi connectivity index (χ2v) is 8.53. The highest BCUT2D eigenvalue weighted by Gasteiger charge is 2.20. The van der Waals surface area contributed by atoms with Crippen LogP contribution < -0.4 is 5.73 Å². The Bertz CT molecular complexity index is 748. The summed E-state index contributed by atoms with van der Waals surface area (Å²) in [5.74, 6) is 0.398. The molecule has 0 aliphatic heterocycles. The first-order valence-corrected chi connectivity index (χ1v) is 9.69. The third kappa shape index (κ3) is 5.56. The molecule has 2 heterocycles. The van der Waals surface area contributed by atoms with Crippen LogP contribution >= 0.6 is 33.9 Å². The molecule has 0 aromatic carbocycles. The quantitative estimate of drug-likeness (QED) is 0.789. The Labute approximate surface area is 149 Å². The zero-order valence-electron chi connectivity index (χ0n) is 13.0. The van der Waals surface area contributed by atoms with Gasteiger partial charge < -0.3 is 5.73 Å². The van der Waals surface area contributed by atoms with Gasteiger partial charge in [0.25, 0.3) is 9.05 Å². The fraction of sp³-hybridized carbons (Fsp3) is 0.500. The van der Waals surface area contributed by atoms with E-state index in [2.05, 4.69) is 10.2 Å². The number of nitrogens with two attached hydrogens (primary N) is 1. The second kappa shape index (κ2) is 7.74. The van der Waals surface area contributed by atoms with Crippen LogP contribution in [0.4, 0.5) is 5.82 Å². The fourth-order valence-corrected chi connectivity index (χ4v) is 2.95. The number of rotatable bonds is 3. The molecule has 0 saturated carbocycles. The van der Waals surface area contributed by atoms with Crippen LogP contribution in [-0.4, -0.2) is 28.0 Å². The van der Waals surface area contributed by atoms with Crippen LogP contribution in [0.5, 0.6) is 0 Å². The van der Waals surface area contributed by atoms with E-state index in [4.69, 9.17) is 39.6 Å². The van der Waals surface area contributed by atoms with Crippen molar-refractivity contribution in [1.82, 2.24) is 19.6 Å². The van der Waals surface area contributed by atoms with Gasteiger partial charge in [-0.25, -0.2) is 8.42 Å². The molecule has 2 aromatic rings. The molecule has 0 amide bonds. The van der Waals surface area contributed by atoms with E-state index in [-0.39, 0.29) is 16.1 Å². The maximum Gasteiger partial charge on any atom is 0.282 e. The van der Waals surface area contributed by atoms with E-state index in [1.54, 1.807) is 10.9 Å². The Balaban J connectivity index is 0.000000238. The molecule has 11 heteroatoms. The SMILES string of the molecule is CC(C)n1cc(Cl)c(N)n1.CC(C)n1cc(Cl)c(S(=O)(=O)Cl)n1. The lowest BCUT2D eigenvalue weighted by atomic mass is 10.4. The third-order valence-electron chi connectivity index (χ3n) is 2.66. The van der Waals surface area contributed by atoms with E-state index < -0.39 is 9.05 Å². The standard InChI is InChI=1S/C6H8Cl2N2O2S.C6H10ClN3/c1-4(2)10-3-5(7)6(9-10)13(8,11)12;1-4(2)10-3-5(7)6(8)9-10/h3-4H,1-2H3;3-4H,1-2H3,(H2,8,9). The van der Waals surface area contributed by atoms with Crippen LogP contribution in [0.15, 0.2) is 17.4 Å². The highest BCUT2D eigenvalue weighted by Crippen LogP contribution is 2.24. The first-order valence-electron chi connectivity index (χ1n) is 6.63. The number of nitrogens with zero attached hydrogens (tertiary/aromatic N) is 4. The highest BCUT2D eigenvalue weighted by molar-refractivity contribution is 8.13. The van der Waals surface area contributed by atoms with Crippen molar-refractivity contribution in [2.24, 2.45) is 0 Å². The van der Waals surface area contributed by atoms with Crippen molar-refractivity contribution in [3.8, 4) is 0 Å². The summed E-state index contributed by atoms with van der Waals surface area (Å²) in [4.78, 5) is 0. The smallest absolute Gasteiger partial charge is 0.282 e. The molecule has 0 aliphatic rings. The zero-order valence-corrected chi connectivity index (χ0v) is 16.1. The molecule has 7 nitrogen and oxygen atoms in total. The lowest BCUT2D eigenvalue weighted by Gasteiger charge is -2.02. The van der Waals surface area contributed by atoms with Gasteiger partial charge >= 0.3 is 0 Å². The average Bonchev–Trinajstić information content (AvgIpc) is 2.94. The van der Waals surface area contributed by atoms with Gasteiger partial charge in [0, 0.05) is 35.2 Å². The number of halogens is 3. The molecular weight excluding hydrogens is 385 g/mol. The van der Waals surface area contributed by atoms with Crippen LogP contribution in [0.3, 0.4) is 0 Å². The summed E-state index contributed by atoms with van der Waals surface area (Å²) in [6.07, 6.45) is 3.16. The molecule has 0 spiro atoms. The van der Waals surface area contributed by atoms with Crippen molar-refractivity contribution in [3.63, 3.8) is 0 Å². The molecule has 0 aliphatic carbocycles. The maximum atomic E-state index is 10.9. The topological polar surface area (TPSA) is 95.8 Å². The first kappa shape index (κ1) is 20.1. The van der Waals surface area contributed by atoms with Gasteiger partial charge in [0.1, 0.15) is 5.02 Å². The summed E-state index contributed by atoms with van der Waals surface area (Å²) in [6.45, 7) is 7.74. The molecule has 2 N–H and O–H groups in total. The lowest BCUT2D eigenvalue weighted by molar-refractivity contribution is 0.517. The summed E-state index contributed by atoms with van der Waals surface area (Å²) >= 11 is 11.3. The van der Waals surface area contributed by atoms with Gasteiger partial charge in [0.2, 0.25) is 5.03 Å². The van der Waals surface area contributed by atoms with Gasteiger partial charge in [-0.3, -0.25) is 9.36 Å². The normalized spacial score (nSPS) is 11.7. The second-order valence-electron chi connectivity index (χ2n) is 5.23. The monoisotopic (exact) mass is 401 g/mol. The van der Waals surface area contributed by atoms with Gasteiger partial charge in [0.15, 0.2) is 5.82 Å². The van der Waals surface area contributed by atoms with E-state index in [9.17, 15) is 8.42 Å². The fourth-order valence-electron chi connectivity index (χ4n) is 1.43. The summed E-state index contributed by atoms with van der Waals surface area (Å²) < 4.78 is 25.0. The van der Waals surface area contributed by atoms with Gasteiger partial charge in [-0.1, -0.05) is 23.2 Å². The number of anilines is 1. The third-order valence-corrected chi connectivity index (χ3v) is 4.54. The van der Waals surface area contributed by atoms with Crippen molar-refractivity contribution in [2.75, 3.05) is 5.73 Å². The van der Waals surface area contributed by atoms with Gasteiger partial charge in [-0.15, -0.1) is 0 Å². The van der Waals surface area contributed by atoms with Gasteiger partial charge in [-0.2, -0.15) is 10.2 Å². The summed E-state index contributed by atoms with van der Waals surface area (Å²) in [7, 11) is 1.26. The summed E-state index contributed by atoms with van der Waals surface area (Å²) in [5, 5.41) is 8.00. The van der Waals surface area contributed by atoms with E-state index in [0.29, 0.717) is 16.9 Å². The molecule has 0 saturated heterocycles. The molecule has 0 atom stereocenters. The molecule has 130 valence electrons. The van der Waals surface area contributed by atoms with E-state index >= 15 is 0 Å². The molecule has 23 heavy (non-hydrogen) atoms. The van der Waals surface area contributed by atoms with Crippen molar-refractivity contribution in [3.05, 3.63) is 22.4 Å². The van der Waals surface area contributed by atoms with Crippen molar-refractivity contribution < 1.29 is 8.42 Å². The van der Waals surface area contributed by atoms with Crippen LogP contribution in [0, 0.1) is 0 Å². The molecular formula is C12H18Cl3N5O2S. The maximum absolute atomic E-state index is 10.9. The van der Waals surface area contributed by atoms with E-state index in [1.807, 2.05) is 27.7 Å². The number of hydrogen-bond donors (Lipinski definition) is 1. The van der Waals surface area contributed by atoms with Gasteiger partial charge in [-0.05, 0) is 27.7 Å². The Morgan fingerprint density at radius 3 is 1.65 bits per heavy atom. The van der Waals surface area contributed by atoms with Crippen LogP contribution in [0.2, 0.25) is 10.0 Å². The summed E-state index contributed by atoms with van der Waals surface area (Å²) in [5.41, 5.74) is 5.41. The minimum Gasteiger partial charge on any atom is -0.381 e. The van der Waals surface area contributed by atoms with Gasteiger partial charge in [0.05, 0.1) is 5.02 Å². The highest BCUT2D eigenvalue weighted by atomic mass is 35.7. The molecule has 2 rings (SSSR count). The van der Waals surface area contributed by atoms with Crippen LogP contribution in [-0.2, 0) is 9.05 Å². The van der Waals surface area contributed by atoms with Crippen molar-refractivity contribution in [1.29, 1.82) is 0 Å². The largest absolute Gasteiger partial charge is 0.381 e. The predicted molar refractivity (Wildman–Crippen MR) is 92.7 cm³/mol. The van der Waals surface area contributed by atoms with E-state index in [0.717, 1.165) is 0 Å². The molecule has 2 aromatic heterocycles. The Morgan fingerprint density at radius 1 is 1.00 bits per heavy atom. The molecule has 0 unspecified atom stereocenters. The molecule has 0 fully saturated rings. The predicted octanol–water partition coefficient (Wildman–Crippen LogP) is 3.74. The Hall–Kier alpha value is -0.960. The zero-order chi connectivity index (χ0) is 17.9. The average molecular weight is 403 g/mol. The minimum absolute atomic E-state index is 0.0451. The number of aromatic nitrogens is 4. The lowest BCUT2D eigenvalue weighted by Crippen LogP contribution is -2.02. The first-order chi connectivity index (χ1) is 10.4. The Morgan fingerprint density at radius 2 is 1.43 bits per heavy atom. The van der Waals surface area contributed by atoms with Crippen molar-refractivity contribution in [2.45, 2.75) is 44.8 Å². The minimum atomic E-state index is -3.84. The molecule has 0 radical (unpaired) electrons. The number of nitrogen functional groups attached to an aromatic ring is 1. The molecule has 0 bridgehead atoms.